The third kappa shape index (κ3) is 3.87. The first kappa shape index (κ1) is 18.3. The maximum Gasteiger partial charge on any atom is 0.164 e. The molecule has 5 nitrogen and oxygen atoms in total. The highest BCUT2D eigenvalue weighted by Gasteiger charge is 2.16. The summed E-state index contributed by atoms with van der Waals surface area (Å²) in [6, 6.07) is 9.56. The van der Waals surface area contributed by atoms with E-state index in [9.17, 15) is 5.11 Å². The Morgan fingerprint density at radius 1 is 0.792 bits per heavy atom. The molecule has 0 aliphatic carbocycles. The van der Waals surface area contributed by atoms with Gasteiger partial charge in [-0.05, 0) is 42.2 Å². The van der Waals surface area contributed by atoms with Crippen molar-refractivity contribution >= 4 is 0 Å². The maximum atomic E-state index is 9.47. The zero-order valence-electron chi connectivity index (χ0n) is 14.1. The number of hydrogen-bond acceptors (Lipinski definition) is 5. The van der Waals surface area contributed by atoms with Crippen molar-refractivity contribution in [1.29, 1.82) is 0 Å². The minimum atomic E-state index is -0.0951. The summed E-state index contributed by atoms with van der Waals surface area (Å²) in [5.74, 6) is 1.10. The molecule has 5 heteroatoms. The van der Waals surface area contributed by atoms with E-state index in [-0.39, 0.29) is 33.0 Å². The Bertz CT molecular complexity index is 682. The van der Waals surface area contributed by atoms with Crippen molar-refractivity contribution in [2.75, 3.05) is 26.4 Å². The number of aliphatic hydroxyl groups excluding tert-OH is 3. The molecule has 0 aliphatic rings. The van der Waals surface area contributed by atoms with Crippen molar-refractivity contribution in [3.8, 4) is 22.6 Å². The third-order valence-corrected chi connectivity index (χ3v) is 3.96. The van der Waals surface area contributed by atoms with Gasteiger partial charge in [0.15, 0.2) is 11.5 Å². The number of rotatable bonds is 8. The van der Waals surface area contributed by atoms with Gasteiger partial charge in [0.1, 0.15) is 13.2 Å². The van der Waals surface area contributed by atoms with Crippen LogP contribution in [0.1, 0.15) is 16.7 Å². The highest BCUT2D eigenvalue weighted by Crippen LogP contribution is 2.39. The highest BCUT2D eigenvalue weighted by molar-refractivity contribution is 5.75. The summed E-state index contributed by atoms with van der Waals surface area (Å²) in [7, 11) is 0. The summed E-state index contributed by atoms with van der Waals surface area (Å²) in [5.41, 5.74) is 4.77. The molecule has 0 aliphatic heterocycles. The Morgan fingerprint density at radius 3 is 2.12 bits per heavy atom. The van der Waals surface area contributed by atoms with Gasteiger partial charge in [-0.3, -0.25) is 0 Å². The summed E-state index contributed by atoms with van der Waals surface area (Å²) in [6.45, 7) is 4.05. The molecule has 0 amide bonds. The van der Waals surface area contributed by atoms with Crippen LogP contribution in [-0.4, -0.2) is 41.7 Å². The number of benzene rings is 2. The molecule has 0 aromatic heterocycles. The fourth-order valence-corrected chi connectivity index (χ4v) is 2.70. The van der Waals surface area contributed by atoms with Crippen molar-refractivity contribution < 1.29 is 24.8 Å². The third-order valence-electron chi connectivity index (χ3n) is 3.96. The monoisotopic (exact) mass is 332 g/mol. The van der Waals surface area contributed by atoms with Gasteiger partial charge in [0.2, 0.25) is 0 Å². The summed E-state index contributed by atoms with van der Waals surface area (Å²) in [5, 5.41) is 27.5. The van der Waals surface area contributed by atoms with Gasteiger partial charge in [-0.15, -0.1) is 0 Å². The first-order valence-corrected chi connectivity index (χ1v) is 7.94. The van der Waals surface area contributed by atoms with Crippen molar-refractivity contribution in [2.24, 2.45) is 0 Å². The average Bonchev–Trinajstić information content (AvgIpc) is 2.60. The number of hydrogen-bond donors (Lipinski definition) is 3. The van der Waals surface area contributed by atoms with E-state index >= 15 is 0 Å². The first-order chi connectivity index (χ1) is 11.6. The fourth-order valence-electron chi connectivity index (χ4n) is 2.70. The lowest BCUT2D eigenvalue weighted by atomic mass is 9.93. The van der Waals surface area contributed by atoms with E-state index in [0.717, 1.165) is 27.8 Å². The molecule has 0 unspecified atom stereocenters. The van der Waals surface area contributed by atoms with E-state index in [0.29, 0.717) is 11.5 Å². The predicted molar refractivity (Wildman–Crippen MR) is 92.4 cm³/mol. The van der Waals surface area contributed by atoms with E-state index in [1.807, 2.05) is 38.1 Å². The van der Waals surface area contributed by atoms with Gasteiger partial charge in [-0.1, -0.05) is 24.3 Å². The zero-order valence-corrected chi connectivity index (χ0v) is 14.1. The van der Waals surface area contributed by atoms with E-state index in [1.165, 1.54) is 0 Å². The average molecular weight is 332 g/mol. The molecule has 0 heterocycles. The normalized spacial score (nSPS) is 10.7. The van der Waals surface area contributed by atoms with Crippen LogP contribution in [0.3, 0.4) is 0 Å². The van der Waals surface area contributed by atoms with Crippen molar-refractivity contribution in [2.45, 2.75) is 20.5 Å². The quantitative estimate of drug-likeness (QED) is 0.691. The molecule has 0 spiro atoms. The predicted octanol–water partition coefficient (Wildman–Crippen LogP) is 2.20. The van der Waals surface area contributed by atoms with Gasteiger partial charge in [0.05, 0.1) is 19.8 Å². The molecule has 0 radical (unpaired) electrons. The largest absolute Gasteiger partial charge is 0.487 e. The van der Waals surface area contributed by atoms with E-state index < -0.39 is 0 Å². The van der Waals surface area contributed by atoms with E-state index in [1.54, 1.807) is 6.07 Å². The first-order valence-electron chi connectivity index (χ1n) is 7.94. The van der Waals surface area contributed by atoms with Crippen LogP contribution in [0.5, 0.6) is 11.5 Å². The van der Waals surface area contributed by atoms with Gasteiger partial charge in [0.25, 0.3) is 0 Å². The van der Waals surface area contributed by atoms with Crippen molar-refractivity contribution in [1.82, 2.24) is 0 Å². The van der Waals surface area contributed by atoms with Crippen molar-refractivity contribution in [3.63, 3.8) is 0 Å². The summed E-state index contributed by atoms with van der Waals surface area (Å²) >= 11 is 0. The Kier molecular flexibility index (Phi) is 6.61. The molecule has 130 valence electrons. The molecule has 0 atom stereocenters. The molecule has 0 bridgehead atoms. The highest BCUT2D eigenvalue weighted by atomic mass is 16.5. The second-order valence-electron chi connectivity index (χ2n) is 5.46. The summed E-state index contributed by atoms with van der Waals surface area (Å²) in [6.07, 6.45) is 0. The fraction of sp³-hybridized carbons (Fsp3) is 0.368. The van der Waals surface area contributed by atoms with Crippen LogP contribution in [0, 0.1) is 13.8 Å². The van der Waals surface area contributed by atoms with Crippen LogP contribution in [0.25, 0.3) is 11.1 Å². The van der Waals surface area contributed by atoms with Crippen LogP contribution in [0.2, 0.25) is 0 Å². The summed E-state index contributed by atoms with van der Waals surface area (Å²) < 4.78 is 11.2. The number of aliphatic hydroxyl groups is 3. The van der Waals surface area contributed by atoms with Gasteiger partial charge in [-0.2, -0.15) is 0 Å². The molecule has 0 saturated heterocycles. The second-order valence-corrected chi connectivity index (χ2v) is 5.46. The smallest absolute Gasteiger partial charge is 0.164 e. The molecular weight excluding hydrogens is 308 g/mol. The Labute approximate surface area is 142 Å². The van der Waals surface area contributed by atoms with E-state index in [2.05, 4.69) is 0 Å². The zero-order chi connectivity index (χ0) is 17.5. The Balaban J connectivity index is 2.51. The maximum absolute atomic E-state index is 9.47. The van der Waals surface area contributed by atoms with Crippen LogP contribution in [0.15, 0.2) is 30.3 Å². The number of ether oxygens (including phenoxy) is 2. The standard InChI is InChI=1S/C19H24O5/c1-13-15(12-22)4-3-5-16(13)17-6-7-18(23-10-8-20)19(14(17)2)24-11-9-21/h3-7,20-22H,8-12H2,1-2H3. The van der Waals surface area contributed by atoms with Gasteiger partial charge >= 0.3 is 0 Å². The van der Waals surface area contributed by atoms with Crippen LogP contribution < -0.4 is 9.47 Å². The molecule has 3 N–H and O–H groups in total. The molecule has 2 aromatic carbocycles. The Morgan fingerprint density at radius 2 is 1.46 bits per heavy atom. The molecular formula is C19H24O5. The molecule has 24 heavy (non-hydrogen) atoms. The SMILES string of the molecule is Cc1c(CO)cccc1-c1ccc(OCCO)c(OCCO)c1C. The summed E-state index contributed by atoms with van der Waals surface area (Å²) in [4.78, 5) is 0. The topological polar surface area (TPSA) is 79.2 Å². The second kappa shape index (κ2) is 8.68. The molecule has 2 rings (SSSR count). The van der Waals surface area contributed by atoms with Crippen molar-refractivity contribution in [3.05, 3.63) is 47.0 Å². The van der Waals surface area contributed by atoms with Crippen LogP contribution in [-0.2, 0) is 6.61 Å². The van der Waals surface area contributed by atoms with Crippen LogP contribution >= 0.6 is 0 Å². The lowest BCUT2D eigenvalue weighted by Crippen LogP contribution is -2.08. The lowest BCUT2D eigenvalue weighted by molar-refractivity contribution is 0.177. The lowest BCUT2D eigenvalue weighted by Gasteiger charge is -2.18. The van der Waals surface area contributed by atoms with E-state index in [4.69, 9.17) is 19.7 Å². The molecule has 0 fully saturated rings. The van der Waals surface area contributed by atoms with Gasteiger partial charge in [-0.25, -0.2) is 0 Å². The van der Waals surface area contributed by atoms with Gasteiger partial charge in [0, 0.05) is 5.56 Å². The minimum absolute atomic E-state index is 0.00964. The Hall–Kier alpha value is -2.08. The van der Waals surface area contributed by atoms with Gasteiger partial charge < -0.3 is 24.8 Å². The molecule has 2 aromatic rings. The van der Waals surface area contributed by atoms with Crippen LogP contribution in [0.4, 0.5) is 0 Å². The minimum Gasteiger partial charge on any atom is -0.487 e. The molecule has 0 saturated carbocycles.